The number of ether oxygens (including phenoxy) is 4. The SMILES string of the molecule is COc1cccc(C2/C(=C(\O)c3cc(C)c(OC)cc3C)C(=O)C(=O)N2c2ccc3c(c2)OCCO3)c1. The molecule has 0 spiro atoms. The van der Waals surface area contributed by atoms with Gasteiger partial charge in [-0.15, -0.1) is 0 Å². The largest absolute Gasteiger partial charge is 0.507 e. The van der Waals surface area contributed by atoms with Crippen LogP contribution in [0.25, 0.3) is 5.76 Å². The number of aliphatic hydroxyl groups excluding tert-OH is 1. The monoisotopic (exact) mass is 501 g/mol. The molecule has 2 aliphatic heterocycles. The number of hydrogen-bond donors (Lipinski definition) is 1. The van der Waals surface area contributed by atoms with Crippen LogP contribution in [0.5, 0.6) is 23.0 Å². The summed E-state index contributed by atoms with van der Waals surface area (Å²) in [5.74, 6) is 0.471. The fourth-order valence-corrected chi connectivity index (χ4v) is 4.82. The minimum Gasteiger partial charge on any atom is -0.507 e. The summed E-state index contributed by atoms with van der Waals surface area (Å²) in [6.45, 7) is 4.48. The van der Waals surface area contributed by atoms with Crippen molar-refractivity contribution in [2.24, 2.45) is 0 Å². The van der Waals surface area contributed by atoms with Crippen molar-refractivity contribution < 1.29 is 33.6 Å². The second-order valence-electron chi connectivity index (χ2n) is 8.91. The van der Waals surface area contributed by atoms with E-state index in [0.717, 1.165) is 5.56 Å². The van der Waals surface area contributed by atoms with Crippen LogP contribution < -0.4 is 23.8 Å². The lowest BCUT2D eigenvalue weighted by atomic mass is 9.93. The van der Waals surface area contributed by atoms with Crippen LogP contribution in [-0.2, 0) is 9.59 Å². The Hall–Kier alpha value is -4.46. The molecule has 1 amide bonds. The first-order chi connectivity index (χ1) is 17.8. The number of ketones is 1. The predicted molar refractivity (Wildman–Crippen MR) is 138 cm³/mol. The lowest BCUT2D eigenvalue weighted by molar-refractivity contribution is -0.132. The van der Waals surface area contributed by atoms with Gasteiger partial charge < -0.3 is 24.1 Å². The van der Waals surface area contributed by atoms with Crippen molar-refractivity contribution >= 4 is 23.1 Å². The van der Waals surface area contributed by atoms with Crippen molar-refractivity contribution in [1.82, 2.24) is 0 Å². The summed E-state index contributed by atoms with van der Waals surface area (Å²) in [5.41, 5.74) is 2.98. The van der Waals surface area contributed by atoms with Crippen LogP contribution >= 0.6 is 0 Å². The molecule has 5 rings (SSSR count). The Labute approximate surface area is 214 Å². The van der Waals surface area contributed by atoms with E-state index in [1.165, 1.54) is 4.90 Å². The fourth-order valence-electron chi connectivity index (χ4n) is 4.82. The molecule has 8 nitrogen and oxygen atoms in total. The van der Waals surface area contributed by atoms with Gasteiger partial charge in [-0.3, -0.25) is 14.5 Å². The smallest absolute Gasteiger partial charge is 0.300 e. The van der Waals surface area contributed by atoms with E-state index in [9.17, 15) is 14.7 Å². The molecule has 2 heterocycles. The van der Waals surface area contributed by atoms with Gasteiger partial charge in [0, 0.05) is 17.3 Å². The number of rotatable bonds is 5. The van der Waals surface area contributed by atoms with Crippen molar-refractivity contribution in [2.75, 3.05) is 32.3 Å². The van der Waals surface area contributed by atoms with Gasteiger partial charge in [0.2, 0.25) is 0 Å². The third-order valence-electron chi connectivity index (χ3n) is 6.65. The molecule has 0 aromatic heterocycles. The van der Waals surface area contributed by atoms with Gasteiger partial charge in [-0.05, 0) is 66.9 Å². The molecule has 0 radical (unpaired) electrons. The third kappa shape index (κ3) is 4.14. The summed E-state index contributed by atoms with van der Waals surface area (Å²) in [6.07, 6.45) is 0. The summed E-state index contributed by atoms with van der Waals surface area (Å²) in [5, 5.41) is 11.6. The fraction of sp³-hybridized carbons (Fsp3) is 0.241. The standard InChI is InChI=1S/C29H27NO7/c1-16-13-23(35-4)17(2)12-21(16)27(31)25-26(18-6-5-7-20(14-18)34-3)30(29(33)28(25)32)19-8-9-22-24(15-19)37-11-10-36-22/h5-9,12-15,26,31H,10-11H2,1-4H3/b27-25+. The number of carbonyl (C=O) groups is 2. The van der Waals surface area contributed by atoms with Crippen LogP contribution in [0.15, 0.2) is 60.2 Å². The first kappa shape index (κ1) is 24.2. The van der Waals surface area contributed by atoms with Crippen LogP contribution in [-0.4, -0.2) is 44.2 Å². The zero-order valence-corrected chi connectivity index (χ0v) is 21.0. The molecule has 0 bridgehead atoms. The topological polar surface area (TPSA) is 94.5 Å². The molecule has 1 fully saturated rings. The Kier molecular flexibility index (Phi) is 6.25. The average Bonchev–Trinajstić information content (AvgIpc) is 3.19. The highest BCUT2D eigenvalue weighted by molar-refractivity contribution is 6.51. The van der Waals surface area contributed by atoms with Crippen molar-refractivity contribution in [3.8, 4) is 23.0 Å². The van der Waals surface area contributed by atoms with Gasteiger partial charge in [-0.25, -0.2) is 0 Å². The van der Waals surface area contributed by atoms with E-state index < -0.39 is 17.7 Å². The summed E-state index contributed by atoms with van der Waals surface area (Å²) in [6, 6.07) is 14.8. The molecule has 3 aromatic carbocycles. The maximum atomic E-state index is 13.5. The highest BCUT2D eigenvalue weighted by Gasteiger charge is 2.47. The second-order valence-corrected chi connectivity index (χ2v) is 8.91. The van der Waals surface area contributed by atoms with Crippen LogP contribution in [0, 0.1) is 13.8 Å². The number of amides is 1. The van der Waals surface area contributed by atoms with Crippen LogP contribution in [0.2, 0.25) is 0 Å². The Morgan fingerprint density at radius 2 is 1.68 bits per heavy atom. The van der Waals surface area contributed by atoms with Gasteiger partial charge in [0.15, 0.2) is 11.5 Å². The highest BCUT2D eigenvalue weighted by atomic mass is 16.6. The molecule has 3 aromatic rings. The maximum Gasteiger partial charge on any atom is 0.300 e. The van der Waals surface area contributed by atoms with Gasteiger partial charge in [-0.1, -0.05) is 12.1 Å². The molecule has 190 valence electrons. The van der Waals surface area contributed by atoms with Crippen LogP contribution in [0.4, 0.5) is 5.69 Å². The van der Waals surface area contributed by atoms with Gasteiger partial charge in [-0.2, -0.15) is 0 Å². The van der Waals surface area contributed by atoms with E-state index in [1.807, 2.05) is 13.8 Å². The molecule has 0 saturated carbocycles. The molecule has 37 heavy (non-hydrogen) atoms. The second kappa shape index (κ2) is 9.54. The first-order valence-corrected chi connectivity index (χ1v) is 11.8. The van der Waals surface area contributed by atoms with Crippen LogP contribution in [0.3, 0.4) is 0 Å². The van der Waals surface area contributed by atoms with Crippen molar-refractivity contribution in [1.29, 1.82) is 0 Å². The zero-order chi connectivity index (χ0) is 26.3. The van der Waals surface area contributed by atoms with Crippen molar-refractivity contribution in [3.05, 3.63) is 82.4 Å². The summed E-state index contributed by atoms with van der Waals surface area (Å²) < 4.78 is 22.1. The Morgan fingerprint density at radius 3 is 2.41 bits per heavy atom. The molecule has 8 heteroatoms. The van der Waals surface area contributed by atoms with E-state index in [-0.39, 0.29) is 11.3 Å². The molecule has 0 aliphatic carbocycles. The molecule has 2 aliphatic rings. The van der Waals surface area contributed by atoms with E-state index in [0.29, 0.717) is 58.6 Å². The average molecular weight is 502 g/mol. The van der Waals surface area contributed by atoms with E-state index >= 15 is 0 Å². The van der Waals surface area contributed by atoms with E-state index in [4.69, 9.17) is 18.9 Å². The number of aliphatic hydroxyl groups is 1. The van der Waals surface area contributed by atoms with Gasteiger partial charge in [0.05, 0.1) is 25.8 Å². The molecule has 1 N–H and O–H groups in total. The minimum absolute atomic E-state index is 0.0131. The molecular formula is C29H27NO7. The summed E-state index contributed by atoms with van der Waals surface area (Å²) in [4.78, 5) is 28.4. The number of methoxy groups -OCH3 is 2. The Bertz CT molecular complexity index is 1440. The van der Waals surface area contributed by atoms with Crippen molar-refractivity contribution in [3.63, 3.8) is 0 Å². The number of benzene rings is 3. The third-order valence-corrected chi connectivity index (χ3v) is 6.65. The van der Waals surface area contributed by atoms with E-state index in [1.54, 1.807) is 68.8 Å². The molecule has 1 saturated heterocycles. The lowest BCUT2D eigenvalue weighted by Crippen LogP contribution is -2.29. The first-order valence-electron chi connectivity index (χ1n) is 11.8. The zero-order valence-electron chi connectivity index (χ0n) is 21.0. The molecule has 1 unspecified atom stereocenters. The van der Waals surface area contributed by atoms with E-state index in [2.05, 4.69) is 0 Å². The summed E-state index contributed by atoms with van der Waals surface area (Å²) in [7, 11) is 3.11. The summed E-state index contributed by atoms with van der Waals surface area (Å²) >= 11 is 0. The normalized spacial score (nSPS) is 18.2. The van der Waals surface area contributed by atoms with Crippen molar-refractivity contribution in [2.45, 2.75) is 19.9 Å². The van der Waals surface area contributed by atoms with Gasteiger partial charge in [0.25, 0.3) is 11.7 Å². The van der Waals surface area contributed by atoms with Crippen LogP contribution in [0.1, 0.15) is 28.3 Å². The van der Waals surface area contributed by atoms with Gasteiger partial charge in [0.1, 0.15) is 30.5 Å². The Morgan fingerprint density at radius 1 is 0.919 bits per heavy atom. The number of nitrogens with zero attached hydrogens (tertiary/aromatic N) is 1. The number of Topliss-reactive ketones (excluding diaryl/α,β-unsaturated/α-hetero) is 1. The quantitative estimate of drug-likeness (QED) is 0.307. The number of aryl methyl sites for hydroxylation is 2. The Balaban J connectivity index is 1.73. The number of hydrogen-bond acceptors (Lipinski definition) is 7. The number of carbonyl (C=O) groups excluding carboxylic acids is 2. The lowest BCUT2D eigenvalue weighted by Gasteiger charge is -2.27. The number of fused-ring (bicyclic) bond motifs is 1. The predicted octanol–water partition coefficient (Wildman–Crippen LogP) is 4.72. The number of anilines is 1. The highest BCUT2D eigenvalue weighted by Crippen LogP contribution is 2.45. The molecule has 1 atom stereocenters. The molecular weight excluding hydrogens is 474 g/mol. The van der Waals surface area contributed by atoms with Gasteiger partial charge >= 0.3 is 0 Å². The maximum absolute atomic E-state index is 13.5. The minimum atomic E-state index is -0.903.